The summed E-state index contributed by atoms with van der Waals surface area (Å²) in [6.45, 7) is 7.61. The number of aryl methyl sites for hydroxylation is 1. The summed E-state index contributed by atoms with van der Waals surface area (Å²) in [4.78, 5) is 34.4. The third-order valence-electron chi connectivity index (χ3n) is 7.50. The minimum atomic E-state index is -0.652. The number of nitrogens with zero attached hydrogens (tertiary/aromatic N) is 3. The molecule has 2 amide bonds. The van der Waals surface area contributed by atoms with Crippen LogP contribution in [0.5, 0.6) is 5.75 Å². The van der Waals surface area contributed by atoms with E-state index in [1.807, 2.05) is 31.2 Å². The number of hydrogen-bond acceptors (Lipinski definition) is 6. The van der Waals surface area contributed by atoms with Gasteiger partial charge in [0, 0.05) is 6.54 Å². The van der Waals surface area contributed by atoms with Crippen molar-refractivity contribution in [3.05, 3.63) is 47.7 Å². The number of anilines is 2. The number of aromatic nitrogens is 1. The molecule has 8 heteroatoms. The average molecular weight is 494 g/mol. The number of amides is 2. The van der Waals surface area contributed by atoms with Crippen LogP contribution in [0.4, 0.5) is 11.5 Å². The van der Waals surface area contributed by atoms with E-state index in [1.165, 1.54) is 19.0 Å². The summed E-state index contributed by atoms with van der Waals surface area (Å²) in [6.07, 6.45) is 6.34. The summed E-state index contributed by atoms with van der Waals surface area (Å²) in [7, 11) is 2.16. The zero-order valence-corrected chi connectivity index (χ0v) is 21.7. The Bertz CT molecular complexity index is 1050. The first-order valence-corrected chi connectivity index (χ1v) is 13.1. The minimum Gasteiger partial charge on any atom is -0.493 e. The number of rotatable bonds is 6. The van der Waals surface area contributed by atoms with Crippen LogP contribution < -0.4 is 15.8 Å². The number of pyridine rings is 1. The van der Waals surface area contributed by atoms with E-state index >= 15 is 0 Å². The highest BCUT2D eigenvalue weighted by molar-refractivity contribution is 6.39. The van der Waals surface area contributed by atoms with E-state index in [0.29, 0.717) is 36.3 Å². The molecule has 3 N–H and O–H groups in total. The molecule has 0 aliphatic carbocycles. The lowest BCUT2D eigenvalue weighted by Crippen LogP contribution is -2.46. The summed E-state index contributed by atoms with van der Waals surface area (Å²) < 4.78 is 6.07. The Morgan fingerprint density at radius 2 is 1.86 bits per heavy atom. The molecule has 2 aliphatic heterocycles. The fourth-order valence-corrected chi connectivity index (χ4v) is 5.14. The van der Waals surface area contributed by atoms with Gasteiger partial charge in [-0.3, -0.25) is 9.59 Å². The Morgan fingerprint density at radius 1 is 1.14 bits per heavy atom. The molecule has 0 radical (unpaired) electrons. The number of nitrogens with one attached hydrogen (secondary N) is 1. The summed E-state index contributed by atoms with van der Waals surface area (Å²) >= 11 is 0. The van der Waals surface area contributed by atoms with Crippen molar-refractivity contribution < 1.29 is 14.3 Å². The molecule has 194 valence electrons. The maximum Gasteiger partial charge on any atom is 0.313 e. The third kappa shape index (κ3) is 6.35. The van der Waals surface area contributed by atoms with Crippen LogP contribution in [0.15, 0.2) is 36.5 Å². The first-order chi connectivity index (χ1) is 17.3. The topological polar surface area (TPSA) is 101 Å². The van der Waals surface area contributed by atoms with E-state index in [2.05, 4.69) is 29.2 Å². The molecule has 1 unspecified atom stereocenters. The van der Waals surface area contributed by atoms with E-state index in [4.69, 9.17) is 10.5 Å². The summed E-state index contributed by atoms with van der Waals surface area (Å²) in [5.41, 5.74) is 8.21. The number of nitrogen functional groups attached to an aromatic ring is 1. The zero-order valence-electron chi connectivity index (χ0n) is 21.7. The van der Waals surface area contributed by atoms with Crippen LogP contribution in [0, 0.1) is 11.8 Å². The number of hydrogen-bond donors (Lipinski definition) is 2. The van der Waals surface area contributed by atoms with E-state index in [-0.39, 0.29) is 6.04 Å². The Labute approximate surface area is 214 Å². The van der Waals surface area contributed by atoms with Crippen LogP contribution in [0.1, 0.15) is 56.7 Å². The molecule has 4 rings (SSSR count). The van der Waals surface area contributed by atoms with Crippen molar-refractivity contribution in [2.75, 3.05) is 44.3 Å². The molecular weight excluding hydrogens is 454 g/mol. The molecule has 1 aromatic heterocycles. The van der Waals surface area contributed by atoms with Gasteiger partial charge in [0.05, 0.1) is 24.5 Å². The molecule has 0 bridgehead atoms. The van der Waals surface area contributed by atoms with Crippen molar-refractivity contribution in [3.63, 3.8) is 0 Å². The SMILES string of the molecule is CCc1cc(NC(=O)C(=O)N2C[C@@H](C)CCC2c2ccc(OCC3CCN(C)CC3)cc2)cnc1N. The fraction of sp³-hybridized carbons (Fsp3) is 0.536. The first-order valence-electron chi connectivity index (χ1n) is 13.1. The third-order valence-corrected chi connectivity index (χ3v) is 7.50. The van der Waals surface area contributed by atoms with E-state index in [1.54, 1.807) is 11.0 Å². The van der Waals surface area contributed by atoms with Crippen molar-refractivity contribution in [2.45, 2.75) is 52.0 Å². The van der Waals surface area contributed by atoms with Crippen LogP contribution in [-0.2, 0) is 16.0 Å². The number of piperidine rings is 2. The second kappa shape index (κ2) is 11.7. The maximum atomic E-state index is 13.3. The molecule has 2 atom stereocenters. The molecule has 36 heavy (non-hydrogen) atoms. The predicted molar refractivity (Wildman–Crippen MR) is 142 cm³/mol. The number of likely N-dealkylation sites (tertiary alicyclic amines) is 2. The number of nitrogens with two attached hydrogens (primary N) is 1. The van der Waals surface area contributed by atoms with E-state index in [0.717, 1.165) is 49.4 Å². The standard InChI is InChI=1S/C28H39N5O3/c1-4-21-15-23(16-30-26(21)29)31-27(34)28(35)33-17-19(2)5-10-25(33)22-6-8-24(9-7-22)36-18-20-11-13-32(3)14-12-20/h6-9,15-16,19-20,25H,4-5,10-14,17-18H2,1-3H3,(H2,29,30)(H,31,34)/t19-,25?/m0/s1. The van der Waals surface area contributed by atoms with Crippen molar-refractivity contribution in [2.24, 2.45) is 11.8 Å². The Morgan fingerprint density at radius 3 is 2.56 bits per heavy atom. The average Bonchev–Trinajstić information content (AvgIpc) is 2.89. The molecule has 3 heterocycles. The Balaban J connectivity index is 1.40. The van der Waals surface area contributed by atoms with Gasteiger partial charge in [-0.05, 0) is 93.4 Å². The first kappa shape index (κ1) is 25.9. The van der Waals surface area contributed by atoms with Crippen molar-refractivity contribution >= 4 is 23.3 Å². The lowest BCUT2D eigenvalue weighted by molar-refractivity contribution is -0.146. The molecule has 1 aromatic carbocycles. The van der Waals surface area contributed by atoms with Crippen molar-refractivity contribution in [1.82, 2.24) is 14.8 Å². The monoisotopic (exact) mass is 493 g/mol. The quantitative estimate of drug-likeness (QED) is 0.592. The van der Waals surface area contributed by atoms with Crippen molar-refractivity contribution in [3.8, 4) is 5.75 Å². The van der Waals surface area contributed by atoms with Gasteiger partial charge in [-0.2, -0.15) is 0 Å². The van der Waals surface area contributed by atoms with Crippen molar-refractivity contribution in [1.29, 1.82) is 0 Å². The highest BCUT2D eigenvalue weighted by atomic mass is 16.5. The number of ether oxygens (including phenoxy) is 1. The fourth-order valence-electron chi connectivity index (χ4n) is 5.14. The predicted octanol–water partition coefficient (Wildman–Crippen LogP) is 3.89. The van der Waals surface area contributed by atoms with E-state index in [9.17, 15) is 9.59 Å². The molecule has 8 nitrogen and oxygen atoms in total. The number of carbonyl (C=O) groups is 2. The van der Waals surface area contributed by atoms with Gasteiger partial charge in [-0.25, -0.2) is 4.98 Å². The van der Waals surface area contributed by atoms with Gasteiger partial charge >= 0.3 is 11.8 Å². The van der Waals surface area contributed by atoms with Gasteiger partial charge in [-0.1, -0.05) is 26.0 Å². The van der Waals surface area contributed by atoms with Crippen LogP contribution in [0.2, 0.25) is 0 Å². The maximum absolute atomic E-state index is 13.3. The summed E-state index contributed by atoms with van der Waals surface area (Å²) in [5.74, 6) is 1.03. The van der Waals surface area contributed by atoms with Gasteiger partial charge in [0.1, 0.15) is 11.6 Å². The summed E-state index contributed by atoms with van der Waals surface area (Å²) in [6, 6.07) is 9.65. The smallest absolute Gasteiger partial charge is 0.313 e. The summed E-state index contributed by atoms with van der Waals surface area (Å²) in [5, 5.41) is 2.72. The molecule has 2 aromatic rings. The van der Waals surface area contributed by atoms with Crippen LogP contribution in [0.3, 0.4) is 0 Å². The van der Waals surface area contributed by atoms with E-state index < -0.39 is 11.8 Å². The second-order valence-electron chi connectivity index (χ2n) is 10.4. The van der Waals surface area contributed by atoms with Gasteiger partial charge in [0.25, 0.3) is 0 Å². The van der Waals surface area contributed by atoms with Gasteiger partial charge < -0.3 is 25.6 Å². The number of benzene rings is 1. The van der Waals surface area contributed by atoms with Gasteiger partial charge in [-0.15, -0.1) is 0 Å². The molecule has 0 saturated carbocycles. The van der Waals surface area contributed by atoms with Gasteiger partial charge in [0.15, 0.2) is 0 Å². The lowest BCUT2D eigenvalue weighted by atomic mass is 9.89. The largest absolute Gasteiger partial charge is 0.493 e. The van der Waals surface area contributed by atoms with Gasteiger partial charge in [0.2, 0.25) is 0 Å². The lowest BCUT2D eigenvalue weighted by Gasteiger charge is -2.38. The minimum absolute atomic E-state index is 0.141. The molecule has 0 spiro atoms. The van der Waals surface area contributed by atoms with Crippen LogP contribution in [0.25, 0.3) is 0 Å². The molecule has 2 saturated heterocycles. The highest BCUT2D eigenvalue weighted by Gasteiger charge is 2.34. The Kier molecular flexibility index (Phi) is 8.46. The molecule has 2 fully saturated rings. The van der Waals surface area contributed by atoms with Crippen LogP contribution in [-0.4, -0.2) is 59.9 Å². The normalized spacial score (nSPS) is 21.2. The second-order valence-corrected chi connectivity index (χ2v) is 10.4. The number of carbonyl (C=O) groups excluding carboxylic acids is 2. The van der Waals surface area contributed by atoms with Crippen LogP contribution >= 0.6 is 0 Å². The molecular formula is C28H39N5O3. The zero-order chi connectivity index (χ0) is 25.7. The molecule has 2 aliphatic rings. The Hall–Kier alpha value is -3.13. The highest BCUT2D eigenvalue weighted by Crippen LogP contribution is 2.34.